The second-order valence-corrected chi connectivity index (χ2v) is 11.4. The van der Waals surface area contributed by atoms with Crippen LogP contribution < -0.4 is 21.3 Å². The quantitative estimate of drug-likeness (QED) is 0.183. The van der Waals surface area contributed by atoms with Crippen molar-refractivity contribution >= 4 is 29.6 Å². The zero-order valence-corrected chi connectivity index (χ0v) is 24.7. The summed E-state index contributed by atoms with van der Waals surface area (Å²) in [6.45, 7) is 16.3. The van der Waals surface area contributed by atoms with E-state index >= 15 is 0 Å². The van der Waals surface area contributed by atoms with Crippen molar-refractivity contribution < 1.29 is 33.8 Å². The topological polar surface area (TPSA) is 163 Å². The van der Waals surface area contributed by atoms with E-state index in [-0.39, 0.29) is 42.4 Å². The Morgan fingerprint density at radius 1 is 0.658 bits per heavy atom. The first-order valence-electron chi connectivity index (χ1n) is 13.4. The number of ether oxygens (including phenoxy) is 1. The summed E-state index contributed by atoms with van der Waals surface area (Å²) < 4.78 is 4.59. The van der Waals surface area contributed by atoms with E-state index in [0.29, 0.717) is 6.42 Å². The Bertz CT molecular complexity index is 798. The minimum Gasteiger partial charge on any atom is -0.467 e. The zero-order valence-electron chi connectivity index (χ0n) is 24.7. The van der Waals surface area contributed by atoms with Crippen LogP contribution in [0.15, 0.2) is 0 Å². The molecule has 0 heterocycles. The molecule has 0 saturated carbocycles. The number of nitrogens with one attached hydrogen (secondary N) is 4. The van der Waals surface area contributed by atoms with Crippen LogP contribution in [0.5, 0.6) is 0 Å². The number of esters is 1. The Kier molecular flexibility index (Phi) is 15.8. The maximum atomic E-state index is 13.3. The predicted molar refractivity (Wildman–Crippen MR) is 145 cm³/mol. The molecule has 220 valence electrons. The largest absolute Gasteiger partial charge is 0.467 e. The van der Waals surface area contributed by atoms with Gasteiger partial charge in [0, 0.05) is 6.42 Å². The van der Waals surface area contributed by atoms with Crippen molar-refractivity contribution in [1.29, 1.82) is 0 Å². The van der Waals surface area contributed by atoms with E-state index in [1.165, 1.54) is 14.0 Å². The van der Waals surface area contributed by atoms with E-state index in [9.17, 15) is 29.1 Å². The van der Waals surface area contributed by atoms with Gasteiger partial charge in [-0.25, -0.2) is 4.79 Å². The van der Waals surface area contributed by atoms with Gasteiger partial charge in [-0.1, -0.05) is 55.4 Å². The predicted octanol–water partition coefficient (Wildman–Crippen LogP) is 1.27. The maximum Gasteiger partial charge on any atom is 0.328 e. The third kappa shape index (κ3) is 13.2. The van der Waals surface area contributed by atoms with Crippen LogP contribution in [0.1, 0.15) is 81.6 Å². The van der Waals surface area contributed by atoms with Crippen LogP contribution in [0.4, 0.5) is 0 Å². The second kappa shape index (κ2) is 17.0. The summed E-state index contributed by atoms with van der Waals surface area (Å²) in [5, 5.41) is 21.6. The molecule has 0 aliphatic rings. The molecule has 0 aromatic heterocycles. The molecule has 0 aromatic carbocycles. The highest BCUT2D eigenvalue weighted by atomic mass is 16.5. The number of aliphatic hydroxyl groups excluding tert-OH is 1. The van der Waals surface area contributed by atoms with Crippen LogP contribution in [0.2, 0.25) is 0 Å². The highest BCUT2D eigenvalue weighted by Gasteiger charge is 2.33. The van der Waals surface area contributed by atoms with Gasteiger partial charge in [0.2, 0.25) is 23.6 Å². The van der Waals surface area contributed by atoms with Crippen LogP contribution in [0.3, 0.4) is 0 Å². The summed E-state index contributed by atoms with van der Waals surface area (Å²) in [5.74, 6) is -2.67. The third-order valence-corrected chi connectivity index (χ3v) is 5.95. The highest BCUT2D eigenvalue weighted by Crippen LogP contribution is 2.14. The fraction of sp³-hybridized carbons (Fsp3) is 0.815. The highest BCUT2D eigenvalue weighted by molar-refractivity contribution is 5.92. The van der Waals surface area contributed by atoms with Gasteiger partial charge < -0.3 is 31.1 Å². The molecule has 11 heteroatoms. The molecule has 0 spiro atoms. The van der Waals surface area contributed by atoms with Crippen LogP contribution in [0.25, 0.3) is 0 Å². The van der Waals surface area contributed by atoms with Crippen molar-refractivity contribution in [3.8, 4) is 0 Å². The summed E-state index contributed by atoms with van der Waals surface area (Å²) >= 11 is 0. The van der Waals surface area contributed by atoms with E-state index in [1.54, 1.807) is 13.8 Å². The van der Waals surface area contributed by atoms with Crippen molar-refractivity contribution in [2.24, 2.45) is 23.7 Å². The lowest BCUT2D eigenvalue weighted by Gasteiger charge is -2.31. The SMILES string of the molecule is COC(=O)[C@H](C)NC(=O)C[C@H](O)[C@H](CC(C)C)NC(=O)[C@@H](NC(=O)[C@@H](NC(=O)CC(C)C)C(C)C)C(C)C. The van der Waals surface area contributed by atoms with E-state index in [0.717, 1.165) is 0 Å². The van der Waals surface area contributed by atoms with Gasteiger partial charge in [-0.15, -0.1) is 0 Å². The third-order valence-electron chi connectivity index (χ3n) is 5.95. The lowest BCUT2D eigenvalue weighted by atomic mass is 9.95. The number of rotatable bonds is 16. The Morgan fingerprint density at radius 2 is 1.13 bits per heavy atom. The first-order valence-corrected chi connectivity index (χ1v) is 13.4. The van der Waals surface area contributed by atoms with Crippen molar-refractivity contribution in [2.75, 3.05) is 7.11 Å². The Morgan fingerprint density at radius 3 is 1.58 bits per heavy atom. The van der Waals surface area contributed by atoms with Crippen LogP contribution >= 0.6 is 0 Å². The van der Waals surface area contributed by atoms with Gasteiger partial charge >= 0.3 is 5.97 Å². The molecule has 0 bridgehead atoms. The molecule has 5 N–H and O–H groups in total. The summed E-state index contributed by atoms with van der Waals surface area (Å²) in [6.07, 6.45) is -0.903. The number of amides is 4. The van der Waals surface area contributed by atoms with E-state index < -0.39 is 54.0 Å². The molecule has 11 nitrogen and oxygen atoms in total. The number of methoxy groups -OCH3 is 1. The Labute approximate surface area is 227 Å². The van der Waals surface area contributed by atoms with Gasteiger partial charge in [0.15, 0.2) is 0 Å². The number of aliphatic hydroxyl groups is 1. The first-order chi connectivity index (χ1) is 17.5. The Hall–Kier alpha value is -2.69. The average molecular weight is 543 g/mol. The lowest BCUT2D eigenvalue weighted by molar-refractivity contribution is -0.144. The van der Waals surface area contributed by atoms with Crippen LogP contribution in [0, 0.1) is 23.7 Å². The lowest BCUT2D eigenvalue weighted by Crippen LogP contribution is -2.59. The molecular formula is C27H50N4O7. The van der Waals surface area contributed by atoms with Crippen molar-refractivity contribution in [3.63, 3.8) is 0 Å². The van der Waals surface area contributed by atoms with Crippen LogP contribution in [-0.4, -0.2) is 72.1 Å². The molecule has 0 aliphatic heterocycles. The van der Waals surface area contributed by atoms with Crippen LogP contribution in [-0.2, 0) is 28.7 Å². The fourth-order valence-corrected chi connectivity index (χ4v) is 3.88. The van der Waals surface area contributed by atoms with E-state index in [4.69, 9.17) is 0 Å². The smallest absolute Gasteiger partial charge is 0.328 e. The molecule has 38 heavy (non-hydrogen) atoms. The number of hydrogen-bond donors (Lipinski definition) is 5. The molecule has 5 atom stereocenters. The zero-order chi connectivity index (χ0) is 29.7. The van der Waals surface area contributed by atoms with Gasteiger partial charge in [0.25, 0.3) is 0 Å². The van der Waals surface area contributed by atoms with Gasteiger partial charge in [-0.3, -0.25) is 19.2 Å². The van der Waals surface area contributed by atoms with Crippen molar-refractivity contribution in [2.45, 2.75) is 112 Å². The molecule has 0 aliphatic carbocycles. The summed E-state index contributed by atoms with van der Waals surface area (Å²) in [6, 6.07) is -3.39. The molecule has 0 saturated heterocycles. The number of carbonyl (C=O) groups excluding carboxylic acids is 5. The molecular weight excluding hydrogens is 492 g/mol. The minimum absolute atomic E-state index is 0.0839. The monoisotopic (exact) mass is 542 g/mol. The van der Waals surface area contributed by atoms with Crippen molar-refractivity contribution in [3.05, 3.63) is 0 Å². The van der Waals surface area contributed by atoms with E-state index in [1.807, 2.05) is 41.5 Å². The summed E-state index contributed by atoms with van der Waals surface area (Å²) in [4.78, 5) is 62.6. The van der Waals surface area contributed by atoms with Gasteiger partial charge in [-0.05, 0) is 37.0 Å². The van der Waals surface area contributed by atoms with Gasteiger partial charge in [-0.2, -0.15) is 0 Å². The fourth-order valence-electron chi connectivity index (χ4n) is 3.88. The summed E-state index contributed by atoms with van der Waals surface area (Å²) in [7, 11) is 1.21. The van der Waals surface area contributed by atoms with E-state index in [2.05, 4.69) is 26.0 Å². The standard InChI is InChI=1S/C27H50N4O7/c1-14(2)11-19(20(32)13-22(34)28-18(9)27(37)38-10)29-25(35)24(17(7)8)31-26(36)23(16(5)6)30-21(33)12-15(3)4/h14-20,23-24,32H,11-13H2,1-10H3,(H,28,34)(H,29,35)(H,30,33)(H,31,36)/t18-,19-,20-,23-,24-/m0/s1. The van der Waals surface area contributed by atoms with Gasteiger partial charge in [0.1, 0.15) is 18.1 Å². The summed E-state index contributed by atoms with van der Waals surface area (Å²) in [5.41, 5.74) is 0. The van der Waals surface area contributed by atoms with Gasteiger partial charge in [0.05, 0.1) is 25.7 Å². The normalized spacial score (nSPS) is 15.4. The Balaban J connectivity index is 5.52. The molecule has 0 rings (SSSR count). The first kappa shape index (κ1) is 35.3. The number of hydrogen-bond acceptors (Lipinski definition) is 7. The maximum absolute atomic E-state index is 13.3. The second-order valence-electron chi connectivity index (χ2n) is 11.4. The molecule has 0 aromatic rings. The average Bonchev–Trinajstić information content (AvgIpc) is 2.78. The molecule has 0 radical (unpaired) electrons. The number of carbonyl (C=O) groups is 5. The van der Waals surface area contributed by atoms with Crippen molar-refractivity contribution in [1.82, 2.24) is 21.3 Å². The molecule has 0 fully saturated rings. The molecule has 4 amide bonds. The minimum atomic E-state index is -1.23. The molecule has 0 unspecified atom stereocenters.